The maximum Gasteiger partial charge on any atom is 0.328 e. The van der Waals surface area contributed by atoms with Crippen LogP contribution >= 0.6 is 28.3 Å². The molecule has 1 atom stereocenters. The Morgan fingerprint density at radius 2 is 1.71 bits per heavy atom. The van der Waals surface area contributed by atoms with E-state index in [-0.39, 0.29) is 36.9 Å². The molecule has 2 heterocycles. The van der Waals surface area contributed by atoms with Crippen molar-refractivity contribution in [3.05, 3.63) is 82.9 Å². The number of nitrogens with two attached hydrogens (primary N) is 1. The van der Waals surface area contributed by atoms with Crippen molar-refractivity contribution in [2.24, 2.45) is 5.73 Å². The van der Waals surface area contributed by atoms with Gasteiger partial charge in [0.2, 0.25) is 0 Å². The molecule has 0 aliphatic carbocycles. The predicted octanol–water partition coefficient (Wildman–Crippen LogP) is 4.75. The van der Waals surface area contributed by atoms with Crippen LogP contribution in [0, 0.1) is 0 Å². The lowest BCUT2D eigenvalue weighted by molar-refractivity contribution is -0.135. The molecule has 2 aliphatic heterocycles. The molecule has 3 amide bonds. The van der Waals surface area contributed by atoms with Crippen LogP contribution in [0.1, 0.15) is 36.4 Å². The number of carbonyl (C=O) groups excluding carboxylic acids is 2. The smallest absolute Gasteiger partial charge is 0.324 e. The molecule has 0 aromatic heterocycles. The van der Waals surface area contributed by atoms with Gasteiger partial charge >= 0.3 is 6.03 Å². The molecule has 1 spiro atoms. The maximum atomic E-state index is 13.6. The van der Waals surface area contributed by atoms with Gasteiger partial charge in [0.15, 0.2) is 0 Å². The van der Waals surface area contributed by atoms with Crippen molar-refractivity contribution < 1.29 is 9.59 Å². The minimum Gasteiger partial charge on any atom is -0.324 e. The Labute approximate surface area is 216 Å². The van der Waals surface area contributed by atoms with Crippen molar-refractivity contribution in [2.45, 2.75) is 37.4 Å². The fourth-order valence-corrected chi connectivity index (χ4v) is 5.16. The fourth-order valence-electron chi connectivity index (χ4n) is 4.89. The summed E-state index contributed by atoms with van der Waals surface area (Å²) in [4.78, 5) is 32.3. The first-order chi connectivity index (χ1) is 15.9. The SMILES string of the molecule is C=CCN1C(=O)N(Cc2ccc(Br)cc2)C(=O)C12CCN(CC[C@H](N)c1ccccc1)CC2.Cl. The van der Waals surface area contributed by atoms with Gasteiger partial charge in [0.1, 0.15) is 5.54 Å². The molecule has 2 saturated heterocycles. The van der Waals surface area contributed by atoms with Gasteiger partial charge < -0.3 is 15.5 Å². The van der Waals surface area contributed by atoms with E-state index in [2.05, 4.69) is 39.5 Å². The number of halogens is 2. The van der Waals surface area contributed by atoms with Gasteiger partial charge in [-0.05, 0) is 49.1 Å². The Hall–Kier alpha value is -2.19. The molecule has 2 aliphatic rings. The van der Waals surface area contributed by atoms with Crippen molar-refractivity contribution in [3.8, 4) is 0 Å². The average Bonchev–Trinajstić information content (AvgIpc) is 3.02. The summed E-state index contributed by atoms with van der Waals surface area (Å²) in [6, 6.07) is 17.6. The summed E-state index contributed by atoms with van der Waals surface area (Å²) in [5.74, 6) is -0.0853. The van der Waals surface area contributed by atoms with Crippen LogP contribution in [-0.4, -0.2) is 58.4 Å². The predicted molar refractivity (Wildman–Crippen MR) is 141 cm³/mol. The zero-order valence-electron chi connectivity index (χ0n) is 19.2. The Bertz CT molecular complexity index is 994. The molecular weight excluding hydrogens is 516 g/mol. The molecule has 182 valence electrons. The van der Waals surface area contributed by atoms with E-state index < -0.39 is 5.54 Å². The van der Waals surface area contributed by atoms with E-state index in [1.165, 1.54) is 4.90 Å². The van der Waals surface area contributed by atoms with E-state index in [0.717, 1.165) is 41.7 Å². The molecule has 2 aromatic carbocycles. The van der Waals surface area contributed by atoms with Crippen LogP contribution in [0.25, 0.3) is 0 Å². The minimum absolute atomic E-state index is 0. The highest BCUT2D eigenvalue weighted by atomic mass is 79.9. The molecule has 2 aromatic rings. The normalized spacial score (nSPS) is 18.8. The first kappa shape index (κ1) is 26.4. The zero-order valence-corrected chi connectivity index (χ0v) is 21.6. The van der Waals surface area contributed by atoms with Crippen LogP contribution in [0.15, 0.2) is 71.7 Å². The zero-order chi connectivity index (χ0) is 23.4. The van der Waals surface area contributed by atoms with Gasteiger partial charge in [0.25, 0.3) is 5.91 Å². The Kier molecular flexibility index (Phi) is 8.93. The van der Waals surface area contributed by atoms with Gasteiger partial charge in [0, 0.05) is 30.1 Å². The lowest BCUT2D eigenvalue weighted by Crippen LogP contribution is -2.56. The Morgan fingerprint density at radius 3 is 2.32 bits per heavy atom. The number of urea groups is 1. The second kappa shape index (κ2) is 11.5. The highest BCUT2D eigenvalue weighted by Crippen LogP contribution is 2.38. The third-order valence-corrected chi connectivity index (χ3v) is 7.38. The number of carbonyl (C=O) groups is 2. The maximum absolute atomic E-state index is 13.6. The van der Waals surface area contributed by atoms with Gasteiger partial charge in [-0.25, -0.2) is 4.79 Å². The molecule has 0 radical (unpaired) electrons. The van der Waals surface area contributed by atoms with E-state index in [0.29, 0.717) is 19.4 Å². The standard InChI is InChI=1S/C26H31BrN4O2.ClH/c1-2-15-31-25(33)30(19-20-8-10-22(27)11-9-20)24(32)26(31)13-17-29(18-14-26)16-12-23(28)21-6-4-3-5-7-21;/h2-11,23H,1,12-19,28H2;1H/t23-;/m0./s1. The Morgan fingerprint density at radius 1 is 1.06 bits per heavy atom. The van der Waals surface area contributed by atoms with Gasteiger partial charge in [0.05, 0.1) is 6.54 Å². The second-order valence-electron chi connectivity index (χ2n) is 8.88. The molecular formula is C26H32BrClN4O2. The lowest BCUT2D eigenvalue weighted by Gasteiger charge is -2.42. The summed E-state index contributed by atoms with van der Waals surface area (Å²) >= 11 is 3.43. The summed E-state index contributed by atoms with van der Waals surface area (Å²) in [6.07, 6.45) is 3.82. The first-order valence-corrected chi connectivity index (χ1v) is 12.3. The summed E-state index contributed by atoms with van der Waals surface area (Å²) in [5.41, 5.74) is 7.67. The largest absolute Gasteiger partial charge is 0.328 e. The number of hydrogen-bond acceptors (Lipinski definition) is 4. The summed E-state index contributed by atoms with van der Waals surface area (Å²) < 4.78 is 0.967. The van der Waals surface area contributed by atoms with Crippen molar-refractivity contribution in [1.29, 1.82) is 0 Å². The number of rotatable bonds is 8. The molecule has 0 unspecified atom stereocenters. The van der Waals surface area contributed by atoms with Crippen LogP contribution < -0.4 is 5.73 Å². The molecule has 8 heteroatoms. The number of imide groups is 1. The van der Waals surface area contributed by atoms with E-state index >= 15 is 0 Å². The van der Waals surface area contributed by atoms with Gasteiger partial charge in [-0.2, -0.15) is 0 Å². The lowest BCUT2D eigenvalue weighted by atomic mass is 9.85. The Balaban J connectivity index is 0.00000324. The second-order valence-corrected chi connectivity index (χ2v) is 9.79. The average molecular weight is 548 g/mol. The molecule has 6 nitrogen and oxygen atoms in total. The fraction of sp³-hybridized carbons (Fsp3) is 0.385. The van der Waals surface area contributed by atoms with Crippen molar-refractivity contribution in [2.75, 3.05) is 26.2 Å². The topological polar surface area (TPSA) is 69.9 Å². The number of nitrogens with zero attached hydrogens (tertiary/aromatic N) is 3. The van der Waals surface area contributed by atoms with E-state index in [1.54, 1.807) is 11.0 Å². The number of likely N-dealkylation sites (tertiary alicyclic amines) is 1. The van der Waals surface area contributed by atoms with Crippen LogP contribution in [0.4, 0.5) is 4.79 Å². The van der Waals surface area contributed by atoms with E-state index in [4.69, 9.17) is 5.73 Å². The van der Waals surface area contributed by atoms with E-state index in [1.807, 2.05) is 42.5 Å². The molecule has 2 fully saturated rings. The molecule has 4 rings (SSSR count). The minimum atomic E-state index is -0.779. The quantitative estimate of drug-likeness (QED) is 0.383. The van der Waals surface area contributed by atoms with Gasteiger partial charge in [-0.1, -0.05) is 64.5 Å². The number of piperidine rings is 1. The van der Waals surface area contributed by atoms with Crippen LogP contribution in [0.3, 0.4) is 0 Å². The molecule has 34 heavy (non-hydrogen) atoms. The molecule has 2 N–H and O–H groups in total. The van der Waals surface area contributed by atoms with Gasteiger partial charge in [-0.15, -0.1) is 19.0 Å². The summed E-state index contributed by atoms with van der Waals surface area (Å²) in [5, 5.41) is 0. The monoisotopic (exact) mass is 546 g/mol. The van der Waals surface area contributed by atoms with Crippen LogP contribution in [0.5, 0.6) is 0 Å². The molecule has 0 bridgehead atoms. The van der Waals surface area contributed by atoms with Crippen molar-refractivity contribution >= 4 is 40.3 Å². The third-order valence-electron chi connectivity index (χ3n) is 6.85. The molecule has 0 saturated carbocycles. The highest BCUT2D eigenvalue weighted by Gasteiger charge is 2.57. The summed E-state index contributed by atoms with van der Waals surface area (Å²) in [7, 11) is 0. The number of benzene rings is 2. The van der Waals surface area contributed by atoms with E-state index in [9.17, 15) is 9.59 Å². The first-order valence-electron chi connectivity index (χ1n) is 11.5. The van der Waals surface area contributed by atoms with Crippen LogP contribution in [-0.2, 0) is 11.3 Å². The number of amides is 3. The van der Waals surface area contributed by atoms with Crippen molar-refractivity contribution in [1.82, 2.24) is 14.7 Å². The third kappa shape index (κ3) is 5.38. The number of hydrogen-bond donors (Lipinski definition) is 1. The van der Waals surface area contributed by atoms with Crippen molar-refractivity contribution in [3.63, 3.8) is 0 Å². The van der Waals surface area contributed by atoms with Gasteiger partial charge in [-0.3, -0.25) is 9.69 Å². The highest BCUT2D eigenvalue weighted by molar-refractivity contribution is 9.10. The van der Waals surface area contributed by atoms with Crippen LogP contribution in [0.2, 0.25) is 0 Å². The summed E-state index contributed by atoms with van der Waals surface area (Å²) in [6.45, 7) is 6.88.